The first kappa shape index (κ1) is 19.1. The lowest BCUT2D eigenvalue weighted by Crippen LogP contribution is -2.46. The molecule has 4 rings (SSSR count). The Bertz CT molecular complexity index is 915. The standard InChI is InChI=1S/C22H23N3O4/c26-19(14-25-12-10-15-11-13-29-22(28)20(15)25)24-18-9-5-4-8-17(18)21(27)23-16-6-2-1-3-7-16/h1-9,15,20H,10-14H2,(H,23,27)(H,24,26)/t15-,20+/m1/s1. The fraction of sp³-hybridized carbons (Fsp3) is 0.318. The molecule has 0 unspecified atom stereocenters. The molecule has 2 aliphatic heterocycles. The molecule has 150 valence electrons. The van der Waals surface area contributed by atoms with E-state index >= 15 is 0 Å². The van der Waals surface area contributed by atoms with Crippen LogP contribution in [0.1, 0.15) is 23.2 Å². The van der Waals surface area contributed by atoms with E-state index in [0.717, 1.165) is 12.8 Å². The van der Waals surface area contributed by atoms with E-state index in [1.807, 2.05) is 23.1 Å². The normalized spacial score (nSPS) is 21.2. The molecule has 0 bridgehead atoms. The number of carbonyl (C=O) groups is 3. The number of benzene rings is 2. The molecule has 2 atom stereocenters. The SMILES string of the molecule is O=C(CN1CC[C@@H]2CCOC(=O)[C@H]21)Nc1ccccc1C(=O)Nc1ccccc1. The van der Waals surface area contributed by atoms with Crippen LogP contribution in [0.25, 0.3) is 0 Å². The Morgan fingerprint density at radius 2 is 1.76 bits per heavy atom. The first-order valence-corrected chi connectivity index (χ1v) is 9.78. The van der Waals surface area contributed by atoms with Crippen LogP contribution in [-0.4, -0.2) is 48.4 Å². The molecule has 7 heteroatoms. The van der Waals surface area contributed by atoms with Crippen molar-refractivity contribution in [1.82, 2.24) is 4.90 Å². The highest BCUT2D eigenvalue weighted by Crippen LogP contribution is 2.31. The molecule has 7 nitrogen and oxygen atoms in total. The minimum Gasteiger partial charge on any atom is -0.465 e. The number of nitrogens with zero attached hydrogens (tertiary/aromatic N) is 1. The summed E-state index contributed by atoms with van der Waals surface area (Å²) < 4.78 is 5.16. The zero-order valence-corrected chi connectivity index (χ0v) is 16.0. The zero-order chi connectivity index (χ0) is 20.2. The Morgan fingerprint density at radius 3 is 2.59 bits per heavy atom. The third-order valence-corrected chi connectivity index (χ3v) is 5.43. The molecule has 29 heavy (non-hydrogen) atoms. The van der Waals surface area contributed by atoms with Crippen LogP contribution >= 0.6 is 0 Å². The largest absolute Gasteiger partial charge is 0.465 e. The van der Waals surface area contributed by atoms with Crippen molar-refractivity contribution in [2.75, 3.05) is 30.3 Å². The lowest BCUT2D eigenvalue weighted by atomic mass is 9.95. The van der Waals surface area contributed by atoms with Gasteiger partial charge in [-0.25, -0.2) is 0 Å². The van der Waals surface area contributed by atoms with Gasteiger partial charge in [-0.05, 0) is 49.6 Å². The molecule has 2 heterocycles. The molecule has 2 saturated heterocycles. The van der Waals surface area contributed by atoms with E-state index in [-0.39, 0.29) is 36.3 Å². The summed E-state index contributed by atoms with van der Waals surface area (Å²) in [6, 6.07) is 15.7. The van der Waals surface area contributed by atoms with Crippen molar-refractivity contribution >= 4 is 29.2 Å². The number of fused-ring (bicyclic) bond motifs is 1. The average molecular weight is 393 g/mol. The van der Waals surface area contributed by atoms with Crippen molar-refractivity contribution < 1.29 is 19.1 Å². The van der Waals surface area contributed by atoms with Gasteiger partial charge in [-0.2, -0.15) is 0 Å². The molecular weight excluding hydrogens is 370 g/mol. The zero-order valence-electron chi connectivity index (χ0n) is 16.0. The summed E-state index contributed by atoms with van der Waals surface area (Å²) in [6.45, 7) is 1.24. The highest BCUT2D eigenvalue weighted by molar-refractivity contribution is 6.10. The number of anilines is 2. The van der Waals surface area contributed by atoms with Crippen molar-refractivity contribution in [3.63, 3.8) is 0 Å². The first-order chi connectivity index (χ1) is 14.1. The quantitative estimate of drug-likeness (QED) is 0.762. The number of rotatable bonds is 5. The summed E-state index contributed by atoms with van der Waals surface area (Å²) >= 11 is 0. The lowest BCUT2D eigenvalue weighted by Gasteiger charge is -2.29. The summed E-state index contributed by atoms with van der Waals surface area (Å²) in [7, 11) is 0. The third-order valence-electron chi connectivity index (χ3n) is 5.43. The number of ether oxygens (including phenoxy) is 1. The van der Waals surface area contributed by atoms with E-state index in [4.69, 9.17) is 4.74 Å². The number of para-hydroxylation sites is 2. The Labute approximate surface area is 169 Å². The molecule has 0 spiro atoms. The van der Waals surface area contributed by atoms with Gasteiger partial charge in [0.05, 0.1) is 24.4 Å². The minimum atomic E-state index is -0.342. The van der Waals surface area contributed by atoms with E-state index in [1.54, 1.807) is 36.4 Å². The predicted octanol–water partition coefficient (Wildman–Crippen LogP) is 2.51. The van der Waals surface area contributed by atoms with E-state index in [9.17, 15) is 14.4 Å². The topological polar surface area (TPSA) is 87.7 Å². The molecule has 0 aromatic heterocycles. The highest BCUT2D eigenvalue weighted by Gasteiger charge is 2.43. The van der Waals surface area contributed by atoms with Gasteiger partial charge in [-0.15, -0.1) is 0 Å². The van der Waals surface area contributed by atoms with Gasteiger partial charge in [0.15, 0.2) is 0 Å². The predicted molar refractivity (Wildman–Crippen MR) is 109 cm³/mol. The summed E-state index contributed by atoms with van der Waals surface area (Å²) in [5.41, 5.74) is 1.49. The maximum absolute atomic E-state index is 12.7. The van der Waals surface area contributed by atoms with Crippen LogP contribution in [0.4, 0.5) is 11.4 Å². The van der Waals surface area contributed by atoms with Crippen molar-refractivity contribution in [1.29, 1.82) is 0 Å². The second-order valence-electron chi connectivity index (χ2n) is 7.33. The molecular formula is C22H23N3O4. The van der Waals surface area contributed by atoms with Gasteiger partial charge >= 0.3 is 5.97 Å². The van der Waals surface area contributed by atoms with Crippen molar-refractivity contribution in [2.24, 2.45) is 5.92 Å². The van der Waals surface area contributed by atoms with Gasteiger partial charge in [0, 0.05) is 5.69 Å². The molecule has 2 N–H and O–H groups in total. The van der Waals surface area contributed by atoms with Crippen molar-refractivity contribution in [3.8, 4) is 0 Å². The monoisotopic (exact) mass is 393 g/mol. The number of cyclic esters (lactones) is 1. The summed E-state index contributed by atoms with van der Waals surface area (Å²) in [5.74, 6) is -0.546. The van der Waals surface area contributed by atoms with Crippen LogP contribution in [0.3, 0.4) is 0 Å². The molecule has 0 radical (unpaired) electrons. The second-order valence-corrected chi connectivity index (χ2v) is 7.33. The van der Waals surface area contributed by atoms with Crippen LogP contribution in [0.15, 0.2) is 54.6 Å². The fourth-order valence-electron chi connectivity index (χ4n) is 4.03. The molecule has 0 saturated carbocycles. The smallest absolute Gasteiger partial charge is 0.323 e. The van der Waals surface area contributed by atoms with Crippen LogP contribution in [-0.2, 0) is 14.3 Å². The molecule has 2 fully saturated rings. The van der Waals surface area contributed by atoms with Crippen LogP contribution < -0.4 is 10.6 Å². The van der Waals surface area contributed by atoms with E-state index < -0.39 is 0 Å². The summed E-state index contributed by atoms with van der Waals surface area (Å²) in [5, 5.41) is 5.65. The number of amides is 2. The Kier molecular flexibility index (Phi) is 5.57. The Hall–Kier alpha value is -3.19. The highest BCUT2D eigenvalue weighted by atomic mass is 16.5. The number of likely N-dealkylation sites (tertiary alicyclic amines) is 1. The van der Waals surface area contributed by atoms with Crippen LogP contribution in [0.2, 0.25) is 0 Å². The maximum Gasteiger partial charge on any atom is 0.323 e. The summed E-state index contributed by atoms with van der Waals surface area (Å²) in [6.07, 6.45) is 1.74. The molecule has 0 aliphatic carbocycles. The molecule has 2 amide bonds. The van der Waals surface area contributed by atoms with E-state index in [0.29, 0.717) is 30.1 Å². The van der Waals surface area contributed by atoms with E-state index in [1.165, 1.54) is 0 Å². The number of nitrogens with one attached hydrogen (secondary N) is 2. The average Bonchev–Trinajstić information content (AvgIpc) is 3.13. The van der Waals surface area contributed by atoms with Crippen molar-refractivity contribution in [3.05, 3.63) is 60.2 Å². The number of hydrogen-bond acceptors (Lipinski definition) is 5. The van der Waals surface area contributed by atoms with Gasteiger partial charge in [-0.3, -0.25) is 19.3 Å². The molecule has 2 aliphatic rings. The molecule has 2 aromatic rings. The van der Waals surface area contributed by atoms with Gasteiger partial charge in [-0.1, -0.05) is 30.3 Å². The maximum atomic E-state index is 12.7. The Balaban J connectivity index is 1.42. The third kappa shape index (κ3) is 4.30. The first-order valence-electron chi connectivity index (χ1n) is 9.78. The van der Waals surface area contributed by atoms with Crippen LogP contribution in [0.5, 0.6) is 0 Å². The molecule has 2 aromatic carbocycles. The fourth-order valence-corrected chi connectivity index (χ4v) is 4.03. The van der Waals surface area contributed by atoms with E-state index in [2.05, 4.69) is 10.6 Å². The van der Waals surface area contributed by atoms with Gasteiger partial charge in [0.25, 0.3) is 5.91 Å². The Morgan fingerprint density at radius 1 is 1.00 bits per heavy atom. The lowest BCUT2D eigenvalue weighted by molar-refractivity contribution is -0.155. The van der Waals surface area contributed by atoms with Crippen molar-refractivity contribution in [2.45, 2.75) is 18.9 Å². The van der Waals surface area contributed by atoms with Gasteiger partial charge < -0.3 is 15.4 Å². The minimum absolute atomic E-state index is 0.0882. The number of esters is 1. The summed E-state index contributed by atoms with van der Waals surface area (Å²) in [4.78, 5) is 39.3. The number of hydrogen-bond donors (Lipinski definition) is 2. The van der Waals surface area contributed by atoms with Gasteiger partial charge in [0.1, 0.15) is 6.04 Å². The second kappa shape index (κ2) is 8.45. The van der Waals surface area contributed by atoms with Crippen LogP contribution in [0, 0.1) is 5.92 Å². The van der Waals surface area contributed by atoms with Gasteiger partial charge in [0.2, 0.25) is 5.91 Å². The number of carbonyl (C=O) groups excluding carboxylic acids is 3.